The number of benzene rings is 5. The van der Waals surface area contributed by atoms with Crippen molar-refractivity contribution in [3.63, 3.8) is 0 Å². The Morgan fingerprint density at radius 2 is 1.41 bits per heavy atom. The molecule has 2 aliphatic heterocycles. The molecule has 0 spiro atoms. The normalized spacial score (nSPS) is 11.7. The Balaban J connectivity index is 0.000000200. The smallest absolute Gasteiger partial charge is 0.241 e. The maximum Gasteiger partial charge on any atom is 0.241 e. The number of ether oxygens (including phenoxy) is 2. The number of fused-ring (bicyclic) bond motifs is 4. The van der Waals surface area contributed by atoms with Crippen LogP contribution in [0.5, 0.6) is 23.0 Å². The van der Waals surface area contributed by atoms with Crippen LogP contribution in [0.25, 0.3) is 33.6 Å². The first kappa shape index (κ1) is 32.3. The van der Waals surface area contributed by atoms with Crippen molar-refractivity contribution in [3.8, 4) is 56.6 Å². The monoisotopic (exact) mass is 811 g/mol. The largest absolute Gasteiger partial charge is 0.503 e. The summed E-state index contributed by atoms with van der Waals surface area (Å²) in [6, 6.07) is 47.7. The fraction of sp³-hybridized carbons (Fsp3) is 0.0698. The van der Waals surface area contributed by atoms with Crippen molar-refractivity contribution in [1.82, 2.24) is 9.97 Å². The molecule has 0 saturated carbocycles. The van der Waals surface area contributed by atoms with E-state index in [2.05, 4.69) is 92.5 Å². The molecule has 7 aromatic rings. The number of para-hydroxylation sites is 1. The quantitative estimate of drug-likeness (QED) is 0.133. The molecule has 9 rings (SSSR count). The molecule has 4 heterocycles. The topological polar surface area (TPSA) is 44.2 Å². The van der Waals surface area contributed by atoms with Crippen molar-refractivity contribution in [1.29, 1.82) is 0 Å². The standard InChI is InChI=1S/C29H17BNO2.C14H14N.Ir/c1-2-8-19(9-3-1)20-16-17-31-24(18-20)21-10-6-12-23-29(21)33-27-15-7-14-26-28(27)30(23)22-11-4-5-13-25(22)32-26;1-10-4-6-13(7-5-10)14-12(3)8-11(2)9-15-14;/h1-9,11-18H;4-6,8-9H,1-3H3;/q2*-1;. The van der Waals surface area contributed by atoms with Gasteiger partial charge in [0.05, 0.1) is 0 Å². The molecule has 0 saturated heterocycles. The Bertz CT molecular complexity index is 2290. The minimum absolute atomic E-state index is 0. The van der Waals surface area contributed by atoms with Gasteiger partial charge >= 0.3 is 0 Å². The van der Waals surface area contributed by atoms with Crippen molar-refractivity contribution in [2.75, 3.05) is 0 Å². The van der Waals surface area contributed by atoms with E-state index < -0.39 is 0 Å². The molecule has 2 aliphatic rings. The van der Waals surface area contributed by atoms with Gasteiger partial charge in [0, 0.05) is 43.7 Å². The predicted octanol–water partition coefficient (Wildman–Crippen LogP) is 8.41. The summed E-state index contributed by atoms with van der Waals surface area (Å²) in [6.07, 6.45) is 3.75. The van der Waals surface area contributed by atoms with E-state index in [0.29, 0.717) is 0 Å². The first-order valence-electron chi connectivity index (χ1n) is 16.1. The van der Waals surface area contributed by atoms with Gasteiger partial charge in [0.15, 0.2) is 0 Å². The van der Waals surface area contributed by atoms with Crippen molar-refractivity contribution in [2.24, 2.45) is 0 Å². The number of pyridine rings is 2. The van der Waals surface area contributed by atoms with Gasteiger partial charge in [0.25, 0.3) is 0 Å². The third-order valence-corrected chi connectivity index (χ3v) is 8.83. The van der Waals surface area contributed by atoms with E-state index in [0.717, 1.165) is 73.0 Å². The van der Waals surface area contributed by atoms with E-state index >= 15 is 0 Å². The van der Waals surface area contributed by atoms with Gasteiger partial charge in [-0.3, -0.25) is 0 Å². The van der Waals surface area contributed by atoms with E-state index in [-0.39, 0.29) is 26.8 Å². The van der Waals surface area contributed by atoms with Gasteiger partial charge in [0.2, 0.25) is 6.71 Å². The number of rotatable bonds is 3. The second-order valence-electron chi connectivity index (χ2n) is 12.2. The summed E-state index contributed by atoms with van der Waals surface area (Å²) in [5.74, 6) is 3.36. The fourth-order valence-electron chi connectivity index (χ4n) is 6.56. The van der Waals surface area contributed by atoms with Crippen LogP contribution in [-0.2, 0) is 20.1 Å². The van der Waals surface area contributed by atoms with Crippen LogP contribution < -0.4 is 25.9 Å². The molecule has 5 aromatic carbocycles. The molecule has 239 valence electrons. The number of nitrogens with zero attached hydrogens (tertiary/aromatic N) is 2. The Morgan fingerprint density at radius 3 is 2.20 bits per heavy atom. The second-order valence-corrected chi connectivity index (χ2v) is 12.2. The molecule has 0 N–H and O–H groups in total. The first-order valence-corrected chi connectivity index (χ1v) is 16.1. The minimum atomic E-state index is 0. The summed E-state index contributed by atoms with van der Waals surface area (Å²) in [5, 5.41) is 0. The van der Waals surface area contributed by atoms with Crippen molar-refractivity contribution < 1.29 is 29.6 Å². The van der Waals surface area contributed by atoms with E-state index in [1.165, 1.54) is 16.7 Å². The van der Waals surface area contributed by atoms with Crippen LogP contribution in [0.3, 0.4) is 0 Å². The summed E-state index contributed by atoms with van der Waals surface area (Å²) in [6.45, 7) is 6.25. The zero-order chi connectivity index (χ0) is 32.6. The zero-order valence-electron chi connectivity index (χ0n) is 27.3. The molecule has 0 fully saturated rings. The van der Waals surface area contributed by atoms with Crippen molar-refractivity contribution in [3.05, 3.63) is 163 Å². The van der Waals surface area contributed by atoms with Gasteiger partial charge in [-0.2, -0.15) is 0 Å². The maximum absolute atomic E-state index is 6.52. The van der Waals surface area contributed by atoms with Crippen LogP contribution in [0.4, 0.5) is 0 Å². The van der Waals surface area contributed by atoms with Crippen LogP contribution in [0.15, 0.2) is 134 Å². The summed E-state index contributed by atoms with van der Waals surface area (Å²) >= 11 is 0. The van der Waals surface area contributed by atoms with Gasteiger partial charge in [-0.05, 0) is 71.7 Å². The fourth-order valence-corrected chi connectivity index (χ4v) is 6.56. The third-order valence-electron chi connectivity index (χ3n) is 8.83. The van der Waals surface area contributed by atoms with Crippen LogP contribution in [0, 0.1) is 32.9 Å². The molecule has 0 bridgehead atoms. The van der Waals surface area contributed by atoms with E-state index in [1.807, 2.05) is 79.1 Å². The molecule has 6 heteroatoms. The third kappa shape index (κ3) is 6.22. The zero-order valence-corrected chi connectivity index (χ0v) is 29.7. The molecule has 4 nitrogen and oxygen atoms in total. The molecule has 49 heavy (non-hydrogen) atoms. The minimum Gasteiger partial charge on any atom is -0.503 e. The summed E-state index contributed by atoms with van der Waals surface area (Å²) in [5.41, 5.74) is 13.0. The van der Waals surface area contributed by atoms with Gasteiger partial charge in [-0.1, -0.05) is 84.8 Å². The van der Waals surface area contributed by atoms with Gasteiger partial charge in [0.1, 0.15) is 17.2 Å². The second kappa shape index (κ2) is 13.7. The van der Waals surface area contributed by atoms with E-state index in [4.69, 9.17) is 14.5 Å². The number of hydrogen-bond acceptors (Lipinski definition) is 4. The number of hydrogen-bond donors (Lipinski definition) is 0. The Morgan fingerprint density at radius 1 is 0.633 bits per heavy atom. The summed E-state index contributed by atoms with van der Waals surface area (Å²) in [4.78, 5) is 9.14. The van der Waals surface area contributed by atoms with Gasteiger partial charge in [-0.15, -0.1) is 59.1 Å². The molecule has 0 aliphatic carbocycles. The van der Waals surface area contributed by atoms with Crippen molar-refractivity contribution in [2.45, 2.75) is 20.8 Å². The summed E-state index contributed by atoms with van der Waals surface area (Å²) in [7, 11) is 0. The van der Waals surface area contributed by atoms with Crippen LogP contribution in [-0.4, -0.2) is 16.7 Å². The van der Waals surface area contributed by atoms with E-state index in [9.17, 15) is 0 Å². The number of aryl methyl sites for hydroxylation is 3. The molecule has 0 unspecified atom stereocenters. The maximum atomic E-state index is 6.52. The number of aromatic nitrogens is 2. The Labute approximate surface area is 301 Å². The average Bonchev–Trinajstić information content (AvgIpc) is 3.12. The summed E-state index contributed by atoms with van der Waals surface area (Å²) < 4.78 is 12.7. The average molecular weight is 811 g/mol. The molecule has 0 atom stereocenters. The molecular weight excluding hydrogens is 780 g/mol. The Kier molecular flexibility index (Phi) is 9.01. The van der Waals surface area contributed by atoms with E-state index in [1.54, 1.807) is 0 Å². The Hall–Kier alpha value is -5.29. The van der Waals surface area contributed by atoms with Crippen LogP contribution >= 0.6 is 0 Å². The van der Waals surface area contributed by atoms with Gasteiger partial charge in [-0.25, -0.2) is 0 Å². The van der Waals surface area contributed by atoms with Crippen LogP contribution in [0.1, 0.15) is 16.7 Å². The molecular formula is C43H31BIrN2O2-2. The predicted molar refractivity (Wildman–Crippen MR) is 194 cm³/mol. The van der Waals surface area contributed by atoms with Crippen LogP contribution in [0.2, 0.25) is 0 Å². The molecule has 1 radical (unpaired) electrons. The van der Waals surface area contributed by atoms with Gasteiger partial charge < -0.3 is 19.4 Å². The molecule has 2 aromatic heterocycles. The first-order chi connectivity index (χ1) is 23.5. The molecule has 0 amide bonds. The van der Waals surface area contributed by atoms with Crippen molar-refractivity contribution >= 4 is 23.1 Å². The SMILES string of the molecule is Cc1c[c-]c(-c2ncc(C)cc2C)cc1.[Ir].[c-]1ccc2c(c1-c1cc(-c3ccccc3)ccn1)Oc1cccc3c1B2c1ccccc1O3.